The highest BCUT2D eigenvalue weighted by Gasteiger charge is 2.06. The third-order valence-corrected chi connectivity index (χ3v) is 2.23. The molecule has 0 heterocycles. The van der Waals surface area contributed by atoms with Gasteiger partial charge in [-0.15, -0.1) is 0 Å². The zero-order valence-corrected chi connectivity index (χ0v) is 8.39. The van der Waals surface area contributed by atoms with Gasteiger partial charge in [-0.2, -0.15) is 0 Å². The van der Waals surface area contributed by atoms with Gasteiger partial charge in [-0.3, -0.25) is 4.79 Å². The van der Waals surface area contributed by atoms with Crippen molar-refractivity contribution >= 4 is 17.9 Å². The van der Waals surface area contributed by atoms with E-state index in [1.807, 2.05) is 6.92 Å². The van der Waals surface area contributed by atoms with Crippen LogP contribution in [0.5, 0.6) is 5.75 Å². The molecule has 0 aliphatic heterocycles. The van der Waals surface area contributed by atoms with Crippen LogP contribution < -0.4 is 4.74 Å². The molecule has 0 amide bonds. The second-order valence-electron chi connectivity index (χ2n) is 2.66. The molecule has 0 radical (unpaired) electrons. The summed E-state index contributed by atoms with van der Waals surface area (Å²) in [7, 11) is 1.58. The van der Waals surface area contributed by atoms with Crippen molar-refractivity contribution in [1.82, 2.24) is 0 Å². The van der Waals surface area contributed by atoms with Gasteiger partial charge in [-0.1, -0.05) is 18.5 Å². The van der Waals surface area contributed by atoms with Crippen LogP contribution in [0.25, 0.3) is 0 Å². The first kappa shape index (κ1) is 10.1. The van der Waals surface area contributed by atoms with Gasteiger partial charge in [-0.05, 0) is 24.1 Å². The van der Waals surface area contributed by atoms with Crippen molar-refractivity contribution in [3.05, 3.63) is 28.3 Å². The van der Waals surface area contributed by atoms with Crippen molar-refractivity contribution in [3.8, 4) is 5.75 Å². The minimum absolute atomic E-state index is 0.468. The molecule has 0 aliphatic rings. The monoisotopic (exact) mass is 198 g/mol. The summed E-state index contributed by atoms with van der Waals surface area (Å²) >= 11 is 5.85. The van der Waals surface area contributed by atoms with Gasteiger partial charge >= 0.3 is 0 Å². The molecule has 0 N–H and O–H groups in total. The maximum absolute atomic E-state index is 10.6. The van der Waals surface area contributed by atoms with Crippen molar-refractivity contribution in [3.63, 3.8) is 0 Å². The molecule has 1 rings (SSSR count). The molecule has 0 aromatic heterocycles. The predicted molar refractivity (Wildman–Crippen MR) is 52.8 cm³/mol. The zero-order chi connectivity index (χ0) is 9.84. The summed E-state index contributed by atoms with van der Waals surface area (Å²) in [4.78, 5) is 10.6. The van der Waals surface area contributed by atoms with Crippen LogP contribution in [0.15, 0.2) is 12.1 Å². The molecular formula is C10H11ClO2. The number of hydrogen-bond acceptors (Lipinski definition) is 2. The maximum atomic E-state index is 10.6. The molecule has 0 unspecified atom stereocenters. The van der Waals surface area contributed by atoms with Gasteiger partial charge < -0.3 is 4.74 Å². The maximum Gasteiger partial charge on any atom is 0.151 e. The lowest BCUT2D eigenvalue weighted by Crippen LogP contribution is -1.93. The Labute approximate surface area is 82.5 Å². The molecule has 13 heavy (non-hydrogen) atoms. The highest BCUT2D eigenvalue weighted by atomic mass is 35.5. The predicted octanol–water partition coefficient (Wildman–Crippen LogP) is 2.72. The smallest absolute Gasteiger partial charge is 0.151 e. The second-order valence-corrected chi connectivity index (χ2v) is 3.06. The van der Waals surface area contributed by atoms with Gasteiger partial charge in [-0.25, -0.2) is 0 Å². The van der Waals surface area contributed by atoms with Gasteiger partial charge in [0.15, 0.2) is 6.29 Å². The molecule has 2 nitrogen and oxygen atoms in total. The van der Waals surface area contributed by atoms with Gasteiger partial charge in [0.25, 0.3) is 0 Å². The minimum atomic E-state index is 0.468. The lowest BCUT2D eigenvalue weighted by atomic mass is 10.1. The van der Waals surface area contributed by atoms with E-state index in [0.29, 0.717) is 16.3 Å². The van der Waals surface area contributed by atoms with E-state index in [9.17, 15) is 4.79 Å². The average Bonchev–Trinajstić information content (AvgIpc) is 2.17. The Kier molecular flexibility index (Phi) is 3.32. The third kappa shape index (κ3) is 2.01. The van der Waals surface area contributed by atoms with Crippen LogP contribution in [0, 0.1) is 0 Å². The number of ether oxygens (including phenoxy) is 1. The number of aldehydes is 1. The van der Waals surface area contributed by atoms with Crippen molar-refractivity contribution in [2.75, 3.05) is 7.11 Å². The Hall–Kier alpha value is -1.02. The highest BCUT2D eigenvalue weighted by molar-refractivity contribution is 6.33. The third-order valence-electron chi connectivity index (χ3n) is 1.91. The summed E-state index contributed by atoms with van der Waals surface area (Å²) in [5, 5.41) is 0.479. The normalized spacial score (nSPS) is 9.77. The summed E-state index contributed by atoms with van der Waals surface area (Å²) in [5.74, 6) is 0.717. The molecule has 1 aromatic rings. The Balaban J connectivity index is 3.26. The molecule has 0 saturated carbocycles. The van der Waals surface area contributed by atoms with Crippen LogP contribution in [0.3, 0.4) is 0 Å². The van der Waals surface area contributed by atoms with E-state index in [0.717, 1.165) is 18.3 Å². The number of benzene rings is 1. The number of aryl methyl sites for hydroxylation is 1. The van der Waals surface area contributed by atoms with E-state index in [2.05, 4.69) is 0 Å². The van der Waals surface area contributed by atoms with Crippen LogP contribution in [-0.4, -0.2) is 13.4 Å². The minimum Gasteiger partial charge on any atom is -0.496 e. The molecule has 0 bridgehead atoms. The SMILES string of the molecule is CCc1cc(Cl)c(C=O)cc1OC. The van der Waals surface area contributed by atoms with Gasteiger partial charge in [0, 0.05) is 5.56 Å². The summed E-state index contributed by atoms with van der Waals surface area (Å²) in [6, 6.07) is 3.43. The average molecular weight is 199 g/mol. The van der Waals surface area contributed by atoms with E-state index < -0.39 is 0 Å². The number of halogens is 1. The molecule has 70 valence electrons. The van der Waals surface area contributed by atoms with Gasteiger partial charge in [0.1, 0.15) is 5.75 Å². The van der Waals surface area contributed by atoms with E-state index in [4.69, 9.17) is 16.3 Å². The van der Waals surface area contributed by atoms with Crippen LogP contribution in [0.4, 0.5) is 0 Å². The number of hydrogen-bond donors (Lipinski definition) is 0. The molecule has 0 aliphatic carbocycles. The van der Waals surface area contributed by atoms with Crippen LogP contribution in [0.1, 0.15) is 22.8 Å². The van der Waals surface area contributed by atoms with Crippen molar-refractivity contribution in [1.29, 1.82) is 0 Å². The Morgan fingerprint density at radius 1 is 1.54 bits per heavy atom. The van der Waals surface area contributed by atoms with Crippen LogP contribution in [0.2, 0.25) is 5.02 Å². The van der Waals surface area contributed by atoms with Crippen LogP contribution >= 0.6 is 11.6 Å². The molecule has 0 fully saturated rings. The van der Waals surface area contributed by atoms with E-state index in [-0.39, 0.29) is 0 Å². The molecule has 0 spiro atoms. The highest BCUT2D eigenvalue weighted by Crippen LogP contribution is 2.26. The first-order valence-corrected chi connectivity index (χ1v) is 4.42. The first-order valence-electron chi connectivity index (χ1n) is 4.04. The molecule has 0 atom stereocenters. The van der Waals surface area contributed by atoms with Gasteiger partial charge in [0.05, 0.1) is 12.1 Å². The Morgan fingerprint density at radius 2 is 2.23 bits per heavy atom. The second kappa shape index (κ2) is 4.28. The number of carbonyl (C=O) groups excluding carboxylic acids is 1. The van der Waals surface area contributed by atoms with E-state index in [1.165, 1.54) is 0 Å². The van der Waals surface area contributed by atoms with Crippen molar-refractivity contribution in [2.45, 2.75) is 13.3 Å². The lowest BCUT2D eigenvalue weighted by molar-refractivity contribution is 0.112. The van der Waals surface area contributed by atoms with Gasteiger partial charge in [0.2, 0.25) is 0 Å². The lowest BCUT2D eigenvalue weighted by Gasteiger charge is -2.08. The largest absolute Gasteiger partial charge is 0.496 e. The number of carbonyl (C=O) groups is 1. The topological polar surface area (TPSA) is 26.3 Å². The molecular weight excluding hydrogens is 188 g/mol. The fourth-order valence-corrected chi connectivity index (χ4v) is 1.40. The first-order chi connectivity index (χ1) is 6.22. The summed E-state index contributed by atoms with van der Waals surface area (Å²) in [6.45, 7) is 2.01. The summed E-state index contributed by atoms with van der Waals surface area (Å²) in [5.41, 5.74) is 1.48. The van der Waals surface area contributed by atoms with E-state index >= 15 is 0 Å². The Morgan fingerprint density at radius 3 is 2.69 bits per heavy atom. The quantitative estimate of drug-likeness (QED) is 0.699. The molecule has 1 aromatic carbocycles. The van der Waals surface area contributed by atoms with Crippen LogP contribution in [-0.2, 0) is 6.42 Å². The van der Waals surface area contributed by atoms with Crippen molar-refractivity contribution < 1.29 is 9.53 Å². The standard InChI is InChI=1S/C10H11ClO2/c1-3-7-4-9(11)8(6-12)5-10(7)13-2/h4-6H,3H2,1-2H3. The summed E-state index contributed by atoms with van der Waals surface area (Å²) in [6.07, 6.45) is 1.56. The van der Waals surface area contributed by atoms with E-state index in [1.54, 1.807) is 19.2 Å². The fraction of sp³-hybridized carbons (Fsp3) is 0.300. The van der Waals surface area contributed by atoms with Crippen molar-refractivity contribution in [2.24, 2.45) is 0 Å². The number of rotatable bonds is 3. The summed E-state index contributed by atoms with van der Waals surface area (Å²) < 4.78 is 5.12. The Bertz CT molecular complexity index is 321. The molecule has 3 heteroatoms. The zero-order valence-electron chi connectivity index (χ0n) is 7.63. The molecule has 0 saturated heterocycles. The number of methoxy groups -OCH3 is 1. The fourth-order valence-electron chi connectivity index (χ4n) is 1.17.